The smallest absolute Gasteiger partial charge is 0.370 e. The zero-order valence-corrected chi connectivity index (χ0v) is 19.5. The first kappa shape index (κ1) is 22.9. The fourth-order valence-electron chi connectivity index (χ4n) is 4.88. The molecular formula is C23H28F3N7O. The molecule has 1 aliphatic heterocycles. The van der Waals surface area contributed by atoms with E-state index in [1.54, 1.807) is 10.9 Å². The van der Waals surface area contributed by atoms with E-state index in [-0.39, 0.29) is 24.9 Å². The molecule has 0 bridgehead atoms. The number of hydrogen-bond donors (Lipinski definition) is 0. The molecule has 182 valence electrons. The highest BCUT2D eigenvalue weighted by Gasteiger charge is 2.42. The maximum atomic E-state index is 13.2. The molecule has 2 aliphatic rings. The van der Waals surface area contributed by atoms with Crippen molar-refractivity contribution in [3.05, 3.63) is 35.0 Å². The van der Waals surface area contributed by atoms with Crippen LogP contribution in [0.4, 0.5) is 19.1 Å². The number of halogens is 3. The Bertz CT molecular complexity index is 1190. The second kappa shape index (κ2) is 8.75. The van der Waals surface area contributed by atoms with Gasteiger partial charge in [-0.15, -0.1) is 0 Å². The standard InChI is InChI=1S/C23H28F3N7O/c1-13-14(2)29-21-20(28-13)19(15-4-6-17(7-5-15)23(24,25)26)30-22(31-21)33-8-9-34-18(12-33)16-10-27-32(3)11-16/h10-11,15,17-18H,4-9,12H2,1-3H3/t15?,17?,18-/m0/s1. The van der Waals surface area contributed by atoms with E-state index in [0.29, 0.717) is 55.3 Å². The van der Waals surface area contributed by atoms with Crippen LogP contribution in [0, 0.1) is 19.8 Å². The van der Waals surface area contributed by atoms with E-state index in [2.05, 4.69) is 15.0 Å². The monoisotopic (exact) mass is 475 g/mol. The maximum Gasteiger partial charge on any atom is 0.391 e. The predicted molar refractivity (Wildman–Crippen MR) is 119 cm³/mol. The van der Waals surface area contributed by atoms with Crippen molar-refractivity contribution >= 4 is 17.1 Å². The topological polar surface area (TPSA) is 81.9 Å². The predicted octanol–water partition coefficient (Wildman–Crippen LogP) is 4.18. The van der Waals surface area contributed by atoms with Gasteiger partial charge in [0.25, 0.3) is 0 Å². The van der Waals surface area contributed by atoms with Crippen LogP contribution in [0.15, 0.2) is 12.4 Å². The molecule has 8 nitrogen and oxygen atoms in total. The van der Waals surface area contributed by atoms with Crippen molar-refractivity contribution < 1.29 is 17.9 Å². The van der Waals surface area contributed by atoms with Gasteiger partial charge >= 0.3 is 6.18 Å². The van der Waals surface area contributed by atoms with Gasteiger partial charge in [0, 0.05) is 31.3 Å². The van der Waals surface area contributed by atoms with Gasteiger partial charge in [0.2, 0.25) is 5.95 Å². The highest BCUT2D eigenvalue weighted by molar-refractivity contribution is 5.75. The van der Waals surface area contributed by atoms with E-state index in [1.165, 1.54) is 0 Å². The largest absolute Gasteiger partial charge is 0.391 e. The summed E-state index contributed by atoms with van der Waals surface area (Å²) in [5, 5.41) is 4.24. The van der Waals surface area contributed by atoms with E-state index in [0.717, 1.165) is 17.0 Å². The van der Waals surface area contributed by atoms with Gasteiger partial charge in [-0.1, -0.05) is 0 Å². The summed E-state index contributed by atoms with van der Waals surface area (Å²) in [6.45, 7) is 5.42. The van der Waals surface area contributed by atoms with Crippen molar-refractivity contribution in [3.63, 3.8) is 0 Å². The number of morpholine rings is 1. The van der Waals surface area contributed by atoms with Crippen LogP contribution in [0.1, 0.15) is 60.4 Å². The second-order valence-electron chi connectivity index (χ2n) is 9.32. The van der Waals surface area contributed by atoms with Gasteiger partial charge in [0.05, 0.1) is 42.3 Å². The Hall–Kier alpha value is -2.82. The molecule has 0 spiro atoms. The van der Waals surface area contributed by atoms with E-state index in [4.69, 9.17) is 19.7 Å². The summed E-state index contributed by atoms with van der Waals surface area (Å²) < 4.78 is 47.4. The van der Waals surface area contributed by atoms with E-state index < -0.39 is 12.1 Å². The SMILES string of the molecule is Cc1nc2nc(N3CCO[C@H](c4cnn(C)c4)C3)nc(C3CCC(C(F)(F)F)CC3)c2nc1C. The van der Waals surface area contributed by atoms with Crippen LogP contribution in [0.25, 0.3) is 11.2 Å². The lowest BCUT2D eigenvalue weighted by molar-refractivity contribution is -0.182. The number of ether oxygens (including phenoxy) is 1. The average molecular weight is 476 g/mol. The minimum atomic E-state index is -4.15. The number of nitrogens with zero attached hydrogens (tertiary/aromatic N) is 7. The Balaban J connectivity index is 1.49. The van der Waals surface area contributed by atoms with Gasteiger partial charge in [-0.25, -0.2) is 15.0 Å². The number of fused-ring (bicyclic) bond motifs is 1. The zero-order chi connectivity index (χ0) is 24.0. The number of anilines is 1. The van der Waals surface area contributed by atoms with Crippen molar-refractivity contribution in [3.8, 4) is 0 Å². The first-order chi connectivity index (χ1) is 16.2. The molecule has 2 fully saturated rings. The fourth-order valence-corrected chi connectivity index (χ4v) is 4.88. The van der Waals surface area contributed by atoms with Crippen LogP contribution < -0.4 is 4.90 Å². The quantitative estimate of drug-likeness (QED) is 0.562. The highest BCUT2D eigenvalue weighted by atomic mass is 19.4. The summed E-state index contributed by atoms with van der Waals surface area (Å²) in [5.41, 5.74) is 4.33. The molecular weight excluding hydrogens is 447 g/mol. The molecule has 5 rings (SSSR count). The molecule has 0 N–H and O–H groups in total. The van der Waals surface area contributed by atoms with Crippen LogP contribution in [0.2, 0.25) is 0 Å². The number of hydrogen-bond acceptors (Lipinski definition) is 7. The molecule has 1 saturated heterocycles. The Morgan fingerprint density at radius 3 is 2.41 bits per heavy atom. The molecule has 0 amide bonds. The molecule has 3 aromatic rings. The molecule has 1 aliphatic carbocycles. The molecule has 0 unspecified atom stereocenters. The Morgan fingerprint density at radius 1 is 1.00 bits per heavy atom. The molecule has 0 radical (unpaired) electrons. The fraction of sp³-hybridized carbons (Fsp3) is 0.609. The third-order valence-electron chi connectivity index (χ3n) is 6.98. The Kier molecular flexibility index (Phi) is 5.91. The van der Waals surface area contributed by atoms with Gasteiger partial charge in [-0.2, -0.15) is 23.3 Å². The lowest BCUT2D eigenvalue weighted by atomic mass is 9.80. The van der Waals surface area contributed by atoms with E-state index in [1.807, 2.05) is 27.1 Å². The molecule has 0 aromatic carbocycles. The first-order valence-electron chi connectivity index (χ1n) is 11.6. The highest BCUT2D eigenvalue weighted by Crippen LogP contribution is 2.43. The summed E-state index contributed by atoms with van der Waals surface area (Å²) >= 11 is 0. The van der Waals surface area contributed by atoms with Crippen molar-refractivity contribution in [2.75, 3.05) is 24.6 Å². The van der Waals surface area contributed by atoms with Gasteiger partial charge in [0.15, 0.2) is 5.65 Å². The molecule has 4 heterocycles. The Morgan fingerprint density at radius 2 is 1.74 bits per heavy atom. The summed E-state index contributed by atoms with van der Waals surface area (Å²) in [5.74, 6) is -0.824. The van der Waals surface area contributed by atoms with Gasteiger partial charge < -0.3 is 9.64 Å². The Labute approximate surface area is 195 Å². The molecule has 3 aromatic heterocycles. The lowest BCUT2D eigenvalue weighted by Crippen LogP contribution is -2.39. The van der Waals surface area contributed by atoms with Crippen molar-refractivity contribution in [1.29, 1.82) is 0 Å². The lowest BCUT2D eigenvalue weighted by Gasteiger charge is -2.34. The first-order valence-corrected chi connectivity index (χ1v) is 11.6. The van der Waals surface area contributed by atoms with Crippen molar-refractivity contribution in [1.82, 2.24) is 29.7 Å². The van der Waals surface area contributed by atoms with Crippen LogP contribution in [0.5, 0.6) is 0 Å². The summed E-state index contributed by atoms with van der Waals surface area (Å²) in [6.07, 6.45) is 0.458. The number of aromatic nitrogens is 6. The maximum absolute atomic E-state index is 13.2. The van der Waals surface area contributed by atoms with E-state index >= 15 is 0 Å². The average Bonchev–Trinajstić information content (AvgIpc) is 3.25. The molecule has 1 saturated carbocycles. The number of rotatable bonds is 3. The third kappa shape index (κ3) is 4.45. The minimum absolute atomic E-state index is 0.102. The summed E-state index contributed by atoms with van der Waals surface area (Å²) in [7, 11) is 1.86. The van der Waals surface area contributed by atoms with Crippen LogP contribution in [0.3, 0.4) is 0 Å². The van der Waals surface area contributed by atoms with Crippen LogP contribution in [-0.4, -0.2) is 55.6 Å². The summed E-state index contributed by atoms with van der Waals surface area (Å²) in [4.78, 5) is 21.0. The third-order valence-corrected chi connectivity index (χ3v) is 6.98. The van der Waals surface area contributed by atoms with Gasteiger partial charge in [-0.3, -0.25) is 4.68 Å². The molecule has 1 atom stereocenters. The van der Waals surface area contributed by atoms with Gasteiger partial charge in [-0.05, 0) is 39.5 Å². The van der Waals surface area contributed by atoms with Crippen LogP contribution in [-0.2, 0) is 11.8 Å². The number of alkyl halides is 3. The van der Waals surface area contributed by atoms with Crippen molar-refractivity contribution in [2.24, 2.45) is 13.0 Å². The second-order valence-corrected chi connectivity index (χ2v) is 9.32. The normalized spacial score (nSPS) is 24.1. The minimum Gasteiger partial charge on any atom is -0.370 e. The molecule has 11 heteroatoms. The van der Waals surface area contributed by atoms with Crippen LogP contribution >= 0.6 is 0 Å². The van der Waals surface area contributed by atoms with Gasteiger partial charge in [0.1, 0.15) is 11.6 Å². The summed E-state index contributed by atoms with van der Waals surface area (Å²) in [6, 6.07) is 0. The van der Waals surface area contributed by atoms with Crippen molar-refractivity contribution in [2.45, 2.75) is 57.7 Å². The molecule has 34 heavy (non-hydrogen) atoms. The number of aryl methyl sites for hydroxylation is 3. The zero-order valence-electron chi connectivity index (χ0n) is 19.5. The van der Waals surface area contributed by atoms with E-state index in [9.17, 15) is 13.2 Å².